The van der Waals surface area contributed by atoms with Crippen LogP contribution < -0.4 is 10.6 Å². The smallest absolute Gasteiger partial charge is 0.238 e. The van der Waals surface area contributed by atoms with Crippen LogP contribution in [0.4, 0.5) is 5.69 Å². The molecule has 0 bridgehead atoms. The summed E-state index contributed by atoms with van der Waals surface area (Å²) < 4.78 is 0. The molecule has 5 heteroatoms. The third-order valence-corrected chi connectivity index (χ3v) is 2.69. The second kappa shape index (κ2) is 6.70. The van der Waals surface area contributed by atoms with E-state index in [0.717, 1.165) is 29.9 Å². The van der Waals surface area contributed by atoms with E-state index in [1.165, 1.54) is 0 Å². The van der Waals surface area contributed by atoms with E-state index in [4.69, 9.17) is 0 Å². The van der Waals surface area contributed by atoms with Crippen LogP contribution in [0, 0.1) is 0 Å². The van der Waals surface area contributed by atoms with Crippen LogP contribution in [0.5, 0.6) is 0 Å². The molecule has 5 nitrogen and oxygen atoms in total. The Morgan fingerprint density at radius 1 is 1.32 bits per heavy atom. The van der Waals surface area contributed by atoms with E-state index in [-0.39, 0.29) is 5.91 Å². The Kier molecular flexibility index (Phi) is 4.69. The third kappa shape index (κ3) is 3.93. The van der Waals surface area contributed by atoms with Crippen molar-refractivity contribution in [2.24, 2.45) is 0 Å². The SMILES string of the molecule is CCCNCC(=O)Nc1ccc(-c2cnc[nH]2)cc1. The predicted molar refractivity (Wildman–Crippen MR) is 75.8 cm³/mol. The van der Waals surface area contributed by atoms with Crippen molar-refractivity contribution in [3.63, 3.8) is 0 Å². The van der Waals surface area contributed by atoms with Gasteiger partial charge in [0.05, 0.1) is 24.8 Å². The molecular formula is C14H18N4O. The molecule has 1 aromatic heterocycles. The summed E-state index contributed by atoms with van der Waals surface area (Å²) in [6.45, 7) is 3.27. The maximum atomic E-state index is 11.6. The maximum Gasteiger partial charge on any atom is 0.238 e. The summed E-state index contributed by atoms with van der Waals surface area (Å²) in [5, 5.41) is 5.91. The maximum absolute atomic E-state index is 11.6. The molecule has 0 aliphatic rings. The van der Waals surface area contributed by atoms with Crippen LogP contribution in [0.2, 0.25) is 0 Å². The number of nitrogens with zero attached hydrogens (tertiary/aromatic N) is 1. The van der Waals surface area contributed by atoms with Crippen molar-refractivity contribution in [2.45, 2.75) is 13.3 Å². The normalized spacial score (nSPS) is 10.4. The van der Waals surface area contributed by atoms with Crippen molar-refractivity contribution in [1.82, 2.24) is 15.3 Å². The minimum atomic E-state index is -0.0252. The number of nitrogens with one attached hydrogen (secondary N) is 3. The number of hydrogen-bond donors (Lipinski definition) is 3. The minimum Gasteiger partial charge on any atom is -0.345 e. The lowest BCUT2D eigenvalue weighted by Crippen LogP contribution is -2.28. The number of imidazole rings is 1. The molecular weight excluding hydrogens is 240 g/mol. The highest BCUT2D eigenvalue weighted by Crippen LogP contribution is 2.18. The number of anilines is 1. The van der Waals surface area contributed by atoms with Crippen LogP contribution in [0.3, 0.4) is 0 Å². The van der Waals surface area contributed by atoms with E-state index in [1.54, 1.807) is 12.5 Å². The Balaban J connectivity index is 1.90. The second-order valence-corrected chi connectivity index (χ2v) is 4.27. The Labute approximate surface area is 112 Å². The van der Waals surface area contributed by atoms with Crippen molar-refractivity contribution < 1.29 is 4.79 Å². The van der Waals surface area contributed by atoms with Gasteiger partial charge in [0.15, 0.2) is 0 Å². The van der Waals surface area contributed by atoms with Gasteiger partial charge >= 0.3 is 0 Å². The standard InChI is InChI=1S/C14H18N4O/c1-2-7-15-9-14(19)18-12-5-3-11(4-6-12)13-8-16-10-17-13/h3-6,8,10,15H,2,7,9H2,1H3,(H,16,17)(H,18,19). The number of rotatable bonds is 6. The van der Waals surface area contributed by atoms with E-state index in [2.05, 4.69) is 27.5 Å². The fraction of sp³-hybridized carbons (Fsp3) is 0.286. The quantitative estimate of drug-likeness (QED) is 0.694. The highest BCUT2D eigenvalue weighted by atomic mass is 16.1. The zero-order chi connectivity index (χ0) is 13.5. The fourth-order valence-corrected chi connectivity index (χ4v) is 1.73. The number of aromatic nitrogens is 2. The number of H-pyrrole nitrogens is 1. The Bertz CT molecular complexity index is 505. The monoisotopic (exact) mass is 258 g/mol. The molecule has 100 valence electrons. The third-order valence-electron chi connectivity index (χ3n) is 2.69. The van der Waals surface area contributed by atoms with Gasteiger partial charge in [0.2, 0.25) is 5.91 Å². The molecule has 3 N–H and O–H groups in total. The summed E-state index contributed by atoms with van der Waals surface area (Å²) in [4.78, 5) is 18.6. The molecule has 1 aromatic carbocycles. The van der Waals surface area contributed by atoms with Crippen molar-refractivity contribution in [1.29, 1.82) is 0 Å². The van der Waals surface area contributed by atoms with Crippen LogP contribution in [0.1, 0.15) is 13.3 Å². The van der Waals surface area contributed by atoms with Gasteiger partial charge < -0.3 is 15.6 Å². The van der Waals surface area contributed by atoms with Gasteiger partial charge in [-0.1, -0.05) is 19.1 Å². The molecule has 0 aliphatic carbocycles. The topological polar surface area (TPSA) is 69.8 Å². The first-order valence-electron chi connectivity index (χ1n) is 6.39. The van der Waals surface area contributed by atoms with Crippen molar-refractivity contribution in [3.8, 4) is 11.3 Å². The van der Waals surface area contributed by atoms with Crippen LogP contribution in [-0.2, 0) is 4.79 Å². The predicted octanol–water partition coefficient (Wildman–Crippen LogP) is 2.01. The summed E-state index contributed by atoms with van der Waals surface area (Å²) in [7, 11) is 0. The molecule has 2 rings (SSSR count). The van der Waals surface area contributed by atoms with Crippen molar-refractivity contribution in [2.75, 3.05) is 18.4 Å². The van der Waals surface area contributed by atoms with E-state index in [0.29, 0.717) is 6.54 Å². The minimum absolute atomic E-state index is 0.0252. The molecule has 19 heavy (non-hydrogen) atoms. The molecule has 0 spiro atoms. The molecule has 0 fully saturated rings. The average molecular weight is 258 g/mol. The molecule has 1 amide bonds. The Morgan fingerprint density at radius 3 is 2.74 bits per heavy atom. The molecule has 0 unspecified atom stereocenters. The van der Waals surface area contributed by atoms with Gasteiger partial charge in [-0.2, -0.15) is 0 Å². The molecule has 0 aliphatic heterocycles. The molecule has 0 saturated heterocycles. The molecule has 0 atom stereocenters. The van der Waals surface area contributed by atoms with Crippen molar-refractivity contribution in [3.05, 3.63) is 36.8 Å². The molecule has 0 saturated carbocycles. The van der Waals surface area contributed by atoms with Gasteiger partial charge in [-0.3, -0.25) is 4.79 Å². The summed E-state index contributed by atoms with van der Waals surface area (Å²) >= 11 is 0. The number of carbonyl (C=O) groups excluding carboxylic acids is 1. The van der Waals surface area contributed by atoms with Crippen LogP contribution in [-0.4, -0.2) is 29.0 Å². The van der Waals surface area contributed by atoms with Crippen molar-refractivity contribution >= 4 is 11.6 Å². The van der Waals surface area contributed by atoms with E-state index in [9.17, 15) is 4.79 Å². The van der Waals surface area contributed by atoms with Gasteiger partial charge in [0.1, 0.15) is 0 Å². The number of benzene rings is 1. The molecule has 2 aromatic rings. The number of aromatic amines is 1. The molecule has 1 heterocycles. The second-order valence-electron chi connectivity index (χ2n) is 4.27. The first kappa shape index (κ1) is 13.3. The Morgan fingerprint density at radius 2 is 2.11 bits per heavy atom. The number of hydrogen-bond acceptors (Lipinski definition) is 3. The number of amides is 1. The van der Waals surface area contributed by atoms with Gasteiger partial charge in [0.25, 0.3) is 0 Å². The largest absolute Gasteiger partial charge is 0.345 e. The number of carbonyl (C=O) groups is 1. The van der Waals surface area contributed by atoms with Gasteiger partial charge in [-0.25, -0.2) is 4.98 Å². The van der Waals surface area contributed by atoms with Crippen LogP contribution in [0.25, 0.3) is 11.3 Å². The first-order chi connectivity index (χ1) is 9.29. The Hall–Kier alpha value is -2.14. The first-order valence-corrected chi connectivity index (χ1v) is 6.39. The van der Waals surface area contributed by atoms with E-state index in [1.807, 2.05) is 24.3 Å². The van der Waals surface area contributed by atoms with Gasteiger partial charge in [0, 0.05) is 5.69 Å². The highest BCUT2D eigenvalue weighted by molar-refractivity contribution is 5.92. The highest BCUT2D eigenvalue weighted by Gasteiger charge is 2.02. The lowest BCUT2D eigenvalue weighted by atomic mass is 10.1. The average Bonchev–Trinajstić information content (AvgIpc) is 2.94. The lowest BCUT2D eigenvalue weighted by Gasteiger charge is -2.06. The molecule has 0 radical (unpaired) electrons. The summed E-state index contributed by atoms with van der Waals surface area (Å²) in [5.74, 6) is -0.0252. The van der Waals surface area contributed by atoms with Gasteiger partial charge in [-0.15, -0.1) is 0 Å². The lowest BCUT2D eigenvalue weighted by molar-refractivity contribution is -0.115. The zero-order valence-electron chi connectivity index (χ0n) is 10.9. The summed E-state index contributed by atoms with van der Waals surface area (Å²) in [6.07, 6.45) is 4.43. The van der Waals surface area contributed by atoms with E-state index >= 15 is 0 Å². The van der Waals surface area contributed by atoms with Crippen LogP contribution >= 0.6 is 0 Å². The van der Waals surface area contributed by atoms with Gasteiger partial charge in [-0.05, 0) is 30.7 Å². The fourth-order valence-electron chi connectivity index (χ4n) is 1.73. The van der Waals surface area contributed by atoms with Crippen LogP contribution in [0.15, 0.2) is 36.8 Å². The zero-order valence-corrected chi connectivity index (χ0v) is 10.9. The summed E-state index contributed by atoms with van der Waals surface area (Å²) in [6, 6.07) is 7.66. The summed E-state index contributed by atoms with van der Waals surface area (Å²) in [5.41, 5.74) is 2.80. The van der Waals surface area contributed by atoms with E-state index < -0.39 is 0 Å².